The van der Waals surface area contributed by atoms with Crippen LogP contribution in [0.25, 0.3) is 32.8 Å². The third-order valence-corrected chi connectivity index (χ3v) is 5.92. The van der Waals surface area contributed by atoms with Gasteiger partial charge in [0.1, 0.15) is 22.1 Å². The summed E-state index contributed by atoms with van der Waals surface area (Å²) in [5.41, 5.74) is 2.37. The average Bonchev–Trinajstić information content (AvgIpc) is 3.34. The monoisotopic (exact) mass is 455 g/mol. The zero-order valence-electron chi connectivity index (χ0n) is 17.5. The maximum Gasteiger partial charge on any atom is 0.346 e. The van der Waals surface area contributed by atoms with E-state index in [1.165, 1.54) is 17.4 Å². The number of fused-ring (bicyclic) bond motifs is 1. The summed E-state index contributed by atoms with van der Waals surface area (Å²) in [6, 6.07) is 23.0. The Morgan fingerprint density at radius 3 is 2.45 bits per heavy atom. The van der Waals surface area contributed by atoms with Crippen LogP contribution in [-0.4, -0.2) is 18.1 Å². The normalized spacial score (nSPS) is 10.8. The topological polar surface area (TPSA) is 78.6 Å². The van der Waals surface area contributed by atoms with E-state index >= 15 is 0 Å². The highest BCUT2D eigenvalue weighted by atomic mass is 32.1. The average molecular weight is 455 g/mol. The van der Waals surface area contributed by atoms with Crippen LogP contribution >= 0.6 is 11.3 Å². The van der Waals surface area contributed by atoms with E-state index in [1.54, 1.807) is 49.6 Å². The third kappa shape index (κ3) is 4.26. The molecule has 2 aromatic heterocycles. The highest BCUT2D eigenvalue weighted by Crippen LogP contribution is 2.30. The molecule has 0 bridgehead atoms. The van der Waals surface area contributed by atoms with Gasteiger partial charge in [0.2, 0.25) is 0 Å². The molecule has 0 spiro atoms. The number of nitrogens with zero attached hydrogens (tertiary/aromatic N) is 1. The van der Waals surface area contributed by atoms with Gasteiger partial charge in [-0.2, -0.15) is 0 Å². The minimum Gasteiger partial charge on any atom is -0.497 e. The molecule has 0 aliphatic carbocycles. The van der Waals surface area contributed by atoms with Crippen molar-refractivity contribution in [2.75, 3.05) is 7.11 Å². The predicted molar refractivity (Wildman–Crippen MR) is 127 cm³/mol. The van der Waals surface area contributed by atoms with Gasteiger partial charge in [-0.15, -0.1) is 11.3 Å². The Morgan fingerprint density at radius 1 is 0.939 bits per heavy atom. The van der Waals surface area contributed by atoms with Crippen LogP contribution in [0.1, 0.15) is 10.4 Å². The largest absolute Gasteiger partial charge is 0.497 e. The molecule has 7 heteroatoms. The Morgan fingerprint density at radius 2 is 1.70 bits per heavy atom. The van der Waals surface area contributed by atoms with E-state index in [0.29, 0.717) is 32.9 Å². The first-order valence-corrected chi connectivity index (χ1v) is 10.9. The number of rotatable bonds is 5. The van der Waals surface area contributed by atoms with Crippen molar-refractivity contribution in [2.24, 2.45) is 0 Å². The van der Waals surface area contributed by atoms with Gasteiger partial charge in [-0.05, 0) is 42.5 Å². The second kappa shape index (κ2) is 8.72. The van der Waals surface area contributed by atoms with E-state index in [1.807, 2.05) is 35.7 Å². The van der Waals surface area contributed by atoms with Crippen LogP contribution in [-0.2, 0) is 0 Å². The molecule has 0 atom stereocenters. The lowest BCUT2D eigenvalue weighted by atomic mass is 10.1. The van der Waals surface area contributed by atoms with Crippen LogP contribution in [0.5, 0.6) is 11.5 Å². The summed E-state index contributed by atoms with van der Waals surface area (Å²) in [5.74, 6) is 0.401. The number of methoxy groups -OCH3 is 1. The van der Waals surface area contributed by atoms with Crippen LogP contribution in [0.2, 0.25) is 0 Å². The summed E-state index contributed by atoms with van der Waals surface area (Å²) in [6.45, 7) is 0. The van der Waals surface area contributed by atoms with Gasteiger partial charge in [0.05, 0.1) is 23.9 Å². The maximum absolute atomic E-state index is 12.7. The molecule has 0 saturated carbocycles. The predicted octanol–water partition coefficient (Wildman–Crippen LogP) is 5.81. The lowest BCUT2D eigenvalue weighted by molar-refractivity contribution is 0.0735. The number of hydrogen-bond donors (Lipinski definition) is 0. The van der Waals surface area contributed by atoms with Crippen molar-refractivity contribution < 1.29 is 18.7 Å². The Hall–Kier alpha value is -4.23. The van der Waals surface area contributed by atoms with E-state index in [-0.39, 0.29) is 5.75 Å². The summed E-state index contributed by atoms with van der Waals surface area (Å²) in [7, 11) is 1.55. The quantitative estimate of drug-likeness (QED) is 0.189. The van der Waals surface area contributed by atoms with E-state index in [0.717, 1.165) is 11.3 Å². The molecular weight excluding hydrogens is 438 g/mol. The summed E-state index contributed by atoms with van der Waals surface area (Å²) in [5, 5.41) is 3.19. The lowest BCUT2D eigenvalue weighted by Crippen LogP contribution is -2.08. The van der Waals surface area contributed by atoms with Gasteiger partial charge in [0.25, 0.3) is 0 Å². The fraction of sp³-hybridized carbons (Fsp3) is 0.0385. The number of esters is 1. The second-order valence-corrected chi connectivity index (χ2v) is 8.03. The van der Waals surface area contributed by atoms with Crippen molar-refractivity contribution in [2.45, 2.75) is 0 Å². The molecule has 0 N–H and O–H groups in total. The zero-order chi connectivity index (χ0) is 22.8. The van der Waals surface area contributed by atoms with E-state index in [2.05, 4.69) is 4.98 Å². The molecule has 2 heterocycles. The molecule has 0 saturated heterocycles. The fourth-order valence-corrected chi connectivity index (χ4v) is 4.17. The van der Waals surface area contributed by atoms with E-state index < -0.39 is 11.6 Å². The molecule has 0 fully saturated rings. The van der Waals surface area contributed by atoms with Crippen molar-refractivity contribution >= 4 is 28.3 Å². The van der Waals surface area contributed by atoms with Gasteiger partial charge < -0.3 is 13.9 Å². The number of aromatic nitrogens is 1. The van der Waals surface area contributed by atoms with Gasteiger partial charge in [-0.3, -0.25) is 0 Å². The summed E-state index contributed by atoms with van der Waals surface area (Å²) < 4.78 is 16.1. The minimum atomic E-state index is -0.521. The van der Waals surface area contributed by atoms with Gasteiger partial charge in [0.15, 0.2) is 0 Å². The van der Waals surface area contributed by atoms with Gasteiger partial charge in [-0.1, -0.05) is 30.3 Å². The number of ether oxygens (including phenoxy) is 2. The minimum absolute atomic E-state index is 0.278. The summed E-state index contributed by atoms with van der Waals surface area (Å²) in [4.78, 5) is 29.7. The number of carbonyl (C=O) groups is 1. The molecule has 0 radical (unpaired) electrons. The molecular formula is C26H17NO5S. The van der Waals surface area contributed by atoms with Crippen molar-refractivity contribution in [3.8, 4) is 33.3 Å². The number of thiazole rings is 1. The first-order chi connectivity index (χ1) is 16.1. The van der Waals surface area contributed by atoms with E-state index in [4.69, 9.17) is 13.9 Å². The maximum atomic E-state index is 12.7. The van der Waals surface area contributed by atoms with Crippen molar-refractivity contribution in [3.05, 3.63) is 100 Å². The molecule has 3 aromatic carbocycles. The number of carbonyl (C=O) groups excluding carboxylic acids is 1. The smallest absolute Gasteiger partial charge is 0.346 e. The van der Waals surface area contributed by atoms with Crippen molar-refractivity contribution in [1.29, 1.82) is 0 Å². The zero-order valence-corrected chi connectivity index (χ0v) is 18.3. The molecule has 162 valence electrons. The van der Waals surface area contributed by atoms with Crippen LogP contribution in [0, 0.1) is 0 Å². The van der Waals surface area contributed by atoms with Crippen LogP contribution in [0.3, 0.4) is 0 Å². The summed E-state index contributed by atoms with van der Waals surface area (Å²) in [6.07, 6.45) is 0. The first kappa shape index (κ1) is 20.7. The Bertz CT molecular complexity index is 1500. The summed E-state index contributed by atoms with van der Waals surface area (Å²) >= 11 is 1.38. The second-order valence-electron chi connectivity index (χ2n) is 7.17. The van der Waals surface area contributed by atoms with E-state index in [9.17, 15) is 9.59 Å². The van der Waals surface area contributed by atoms with Crippen molar-refractivity contribution in [1.82, 2.24) is 4.98 Å². The first-order valence-electron chi connectivity index (χ1n) is 10.1. The van der Waals surface area contributed by atoms with Gasteiger partial charge in [-0.25, -0.2) is 14.6 Å². The van der Waals surface area contributed by atoms with Crippen LogP contribution in [0.4, 0.5) is 0 Å². The third-order valence-electron chi connectivity index (χ3n) is 5.05. The molecule has 5 aromatic rings. The Labute approximate surface area is 192 Å². The van der Waals surface area contributed by atoms with Crippen LogP contribution < -0.4 is 15.1 Å². The van der Waals surface area contributed by atoms with Gasteiger partial charge >= 0.3 is 11.6 Å². The SMILES string of the molecule is COc1ccc(C(=O)Oc2ccc3cc(-c4nc(-c5ccccc5)cs4)c(=O)oc3c2)cc1. The molecule has 33 heavy (non-hydrogen) atoms. The standard InChI is InChI=1S/C26H17NO5S/c1-30-19-10-7-17(8-11-19)25(28)31-20-12-9-18-13-21(26(29)32-23(18)14-20)24-27-22(15-33-24)16-5-3-2-4-6-16/h2-15H,1H3. The van der Waals surface area contributed by atoms with Crippen LogP contribution in [0.15, 0.2) is 93.5 Å². The molecule has 0 unspecified atom stereocenters. The molecule has 0 amide bonds. The molecule has 0 aliphatic rings. The Balaban J connectivity index is 1.41. The highest BCUT2D eigenvalue weighted by Gasteiger charge is 2.14. The Kier molecular flexibility index (Phi) is 5.46. The molecule has 5 rings (SSSR count). The number of benzene rings is 3. The highest BCUT2D eigenvalue weighted by molar-refractivity contribution is 7.13. The lowest BCUT2D eigenvalue weighted by Gasteiger charge is -2.06. The van der Waals surface area contributed by atoms with Gasteiger partial charge in [0, 0.05) is 22.4 Å². The fourth-order valence-electron chi connectivity index (χ4n) is 3.34. The molecule has 0 aliphatic heterocycles. The number of hydrogen-bond acceptors (Lipinski definition) is 7. The molecule has 6 nitrogen and oxygen atoms in total. The van der Waals surface area contributed by atoms with Crippen molar-refractivity contribution in [3.63, 3.8) is 0 Å².